The molecule has 0 saturated carbocycles. The van der Waals surface area contributed by atoms with E-state index in [4.69, 9.17) is 22.2 Å². The lowest BCUT2D eigenvalue weighted by Crippen LogP contribution is -2.35. The second-order valence-electron chi connectivity index (χ2n) is 8.24. The van der Waals surface area contributed by atoms with Crippen molar-refractivity contribution in [2.45, 2.75) is 39.5 Å². The molecular weight excluding hydrogens is 472 g/mol. The maximum absolute atomic E-state index is 13.5. The maximum Gasteiger partial charge on any atom is 0.224 e. The average molecular weight is 500 g/mol. The fraction of sp³-hybridized carbons (Fsp3) is 0.222. The minimum atomic E-state index is -0.929. The third-order valence-corrected chi connectivity index (χ3v) is 5.52. The highest BCUT2D eigenvalue weighted by Crippen LogP contribution is 2.26. The van der Waals surface area contributed by atoms with E-state index in [0.29, 0.717) is 22.8 Å². The lowest BCUT2D eigenvalue weighted by Gasteiger charge is -2.23. The third kappa shape index (κ3) is 8.09. The Bertz CT molecular complexity index is 1190. The van der Waals surface area contributed by atoms with Crippen molar-refractivity contribution in [2.75, 3.05) is 0 Å². The van der Waals surface area contributed by atoms with Gasteiger partial charge < -0.3 is 15.1 Å². The van der Waals surface area contributed by atoms with Gasteiger partial charge in [0.25, 0.3) is 0 Å². The van der Waals surface area contributed by atoms with Crippen LogP contribution in [0.1, 0.15) is 30.5 Å². The minimum absolute atomic E-state index is 0.0513. The molecule has 0 saturated heterocycles. The van der Waals surface area contributed by atoms with Gasteiger partial charge in [-0.05, 0) is 61.4 Å². The van der Waals surface area contributed by atoms with E-state index in [1.807, 2.05) is 50.3 Å². The Kier molecular flexibility index (Phi) is 9.23. The topological polar surface area (TPSA) is 67.6 Å². The number of carbonyl (C=O) groups is 1. The molecule has 0 fully saturated rings. The van der Waals surface area contributed by atoms with Crippen LogP contribution < -0.4 is 15.9 Å². The summed E-state index contributed by atoms with van der Waals surface area (Å²) in [5.41, 5.74) is 2.89. The van der Waals surface area contributed by atoms with E-state index in [1.165, 1.54) is 11.1 Å². The maximum atomic E-state index is 13.5. The average Bonchev–Trinajstić information content (AvgIpc) is 2.81. The number of nitrogens with two attached hydrogens (primary N) is 1. The molecular formula is C27H28ClF2N3O2. The first-order valence-corrected chi connectivity index (χ1v) is 11.5. The number of nitrogens with zero attached hydrogens (tertiary/aromatic N) is 1. The molecule has 0 aromatic heterocycles. The molecule has 1 amide bonds. The summed E-state index contributed by atoms with van der Waals surface area (Å²) in [5.74, 6) is 4.87. The highest BCUT2D eigenvalue weighted by molar-refractivity contribution is 6.30. The molecule has 0 bridgehead atoms. The summed E-state index contributed by atoms with van der Waals surface area (Å²) in [7, 11) is 0. The zero-order valence-electron chi connectivity index (χ0n) is 19.6. The number of ether oxygens (including phenoxy) is 1. The smallest absolute Gasteiger partial charge is 0.224 e. The number of carbonyl (C=O) groups excluding carboxylic acids is 1. The quantitative estimate of drug-likeness (QED) is 0.284. The van der Waals surface area contributed by atoms with Crippen molar-refractivity contribution in [3.05, 3.63) is 112 Å². The number of hydrogen-bond acceptors (Lipinski definition) is 4. The number of hydrazine groups is 1. The van der Waals surface area contributed by atoms with Gasteiger partial charge in [0.15, 0.2) is 11.6 Å². The number of allylic oxidation sites excluding steroid dienone is 1. The highest BCUT2D eigenvalue weighted by Gasteiger charge is 2.12. The Hall–Kier alpha value is -3.42. The normalized spacial score (nSPS) is 12.2. The van der Waals surface area contributed by atoms with Crippen LogP contribution in [-0.4, -0.2) is 17.0 Å². The molecule has 1 atom stereocenters. The van der Waals surface area contributed by atoms with Crippen LogP contribution in [0.3, 0.4) is 0 Å². The van der Waals surface area contributed by atoms with Gasteiger partial charge in [-0.2, -0.15) is 0 Å². The lowest BCUT2D eigenvalue weighted by molar-refractivity contribution is -0.120. The van der Waals surface area contributed by atoms with Crippen LogP contribution >= 0.6 is 11.6 Å². The van der Waals surface area contributed by atoms with Crippen LogP contribution in [0.4, 0.5) is 8.78 Å². The Morgan fingerprint density at radius 1 is 1.09 bits per heavy atom. The van der Waals surface area contributed by atoms with E-state index in [2.05, 4.69) is 5.32 Å². The van der Waals surface area contributed by atoms with E-state index in [1.54, 1.807) is 18.2 Å². The first-order chi connectivity index (χ1) is 16.7. The van der Waals surface area contributed by atoms with Gasteiger partial charge in [0.05, 0.1) is 13.0 Å². The Morgan fingerprint density at radius 3 is 2.54 bits per heavy atom. The molecule has 1 unspecified atom stereocenters. The molecule has 0 heterocycles. The SMILES string of the molecule is C/C(=C/C(C)NC(=O)Cc1ccccc1)N(N)Cc1cc(Cl)ccc1OCc1ccc(F)c(F)c1. The summed E-state index contributed by atoms with van der Waals surface area (Å²) in [5, 5.41) is 4.98. The zero-order valence-corrected chi connectivity index (χ0v) is 20.4. The Morgan fingerprint density at radius 2 is 1.83 bits per heavy atom. The van der Waals surface area contributed by atoms with Crippen molar-refractivity contribution in [3.8, 4) is 5.75 Å². The van der Waals surface area contributed by atoms with Crippen LogP contribution in [0, 0.1) is 11.6 Å². The molecule has 3 rings (SSSR count). The van der Waals surface area contributed by atoms with E-state index in [-0.39, 0.29) is 25.1 Å². The third-order valence-electron chi connectivity index (χ3n) is 5.28. The van der Waals surface area contributed by atoms with Crippen LogP contribution in [-0.2, 0) is 24.4 Å². The molecule has 3 aromatic rings. The molecule has 8 heteroatoms. The van der Waals surface area contributed by atoms with Crippen LogP contribution in [0.15, 0.2) is 78.5 Å². The predicted molar refractivity (Wildman–Crippen MR) is 133 cm³/mol. The molecule has 0 radical (unpaired) electrons. The predicted octanol–water partition coefficient (Wildman–Crippen LogP) is 5.52. The molecule has 184 valence electrons. The van der Waals surface area contributed by atoms with Crippen molar-refractivity contribution in [1.82, 2.24) is 10.3 Å². The Labute approximate surface area is 209 Å². The monoisotopic (exact) mass is 499 g/mol. The second-order valence-corrected chi connectivity index (χ2v) is 8.68. The van der Waals surface area contributed by atoms with Crippen LogP contribution in [0.5, 0.6) is 5.75 Å². The van der Waals surface area contributed by atoms with Gasteiger partial charge in [-0.15, -0.1) is 0 Å². The molecule has 0 aliphatic heterocycles. The number of amides is 1. The van der Waals surface area contributed by atoms with Gasteiger partial charge in [0.2, 0.25) is 5.91 Å². The fourth-order valence-electron chi connectivity index (χ4n) is 3.50. The van der Waals surface area contributed by atoms with Gasteiger partial charge in [-0.25, -0.2) is 14.6 Å². The van der Waals surface area contributed by atoms with Crippen molar-refractivity contribution < 1.29 is 18.3 Å². The van der Waals surface area contributed by atoms with Gasteiger partial charge in [-0.3, -0.25) is 4.79 Å². The molecule has 0 aliphatic rings. The number of benzene rings is 3. The number of rotatable bonds is 10. The molecule has 35 heavy (non-hydrogen) atoms. The molecule has 0 spiro atoms. The largest absolute Gasteiger partial charge is 0.489 e. The summed E-state index contributed by atoms with van der Waals surface area (Å²) in [6.07, 6.45) is 2.15. The van der Waals surface area contributed by atoms with Gasteiger partial charge in [-0.1, -0.05) is 48.0 Å². The molecule has 0 aliphatic carbocycles. The van der Waals surface area contributed by atoms with Crippen molar-refractivity contribution in [2.24, 2.45) is 5.84 Å². The van der Waals surface area contributed by atoms with Crippen molar-refractivity contribution >= 4 is 17.5 Å². The fourth-order valence-corrected chi connectivity index (χ4v) is 3.69. The zero-order chi connectivity index (χ0) is 25.4. The van der Waals surface area contributed by atoms with Gasteiger partial charge in [0, 0.05) is 22.3 Å². The summed E-state index contributed by atoms with van der Waals surface area (Å²) in [6.45, 7) is 4.04. The molecule has 5 nitrogen and oxygen atoms in total. The van der Waals surface area contributed by atoms with Gasteiger partial charge >= 0.3 is 0 Å². The summed E-state index contributed by atoms with van der Waals surface area (Å²) >= 11 is 6.18. The first kappa shape index (κ1) is 26.2. The van der Waals surface area contributed by atoms with Crippen LogP contribution in [0.25, 0.3) is 0 Å². The summed E-state index contributed by atoms with van der Waals surface area (Å²) in [4.78, 5) is 12.3. The minimum Gasteiger partial charge on any atom is -0.489 e. The van der Waals surface area contributed by atoms with E-state index in [0.717, 1.165) is 29.0 Å². The second kappa shape index (κ2) is 12.3. The molecule has 3 aromatic carbocycles. The number of nitrogens with one attached hydrogen (secondary N) is 1. The van der Waals surface area contributed by atoms with E-state index in [9.17, 15) is 13.6 Å². The van der Waals surface area contributed by atoms with Crippen molar-refractivity contribution in [1.29, 1.82) is 0 Å². The number of hydrogen-bond donors (Lipinski definition) is 2. The van der Waals surface area contributed by atoms with Crippen LogP contribution in [0.2, 0.25) is 5.02 Å². The van der Waals surface area contributed by atoms with Gasteiger partial charge in [0.1, 0.15) is 12.4 Å². The lowest BCUT2D eigenvalue weighted by atomic mass is 10.1. The van der Waals surface area contributed by atoms with E-state index >= 15 is 0 Å². The molecule has 3 N–H and O–H groups in total. The number of halogens is 3. The highest BCUT2D eigenvalue weighted by atomic mass is 35.5. The van der Waals surface area contributed by atoms with Crippen molar-refractivity contribution in [3.63, 3.8) is 0 Å². The Balaban J connectivity index is 1.61. The summed E-state index contributed by atoms with van der Waals surface area (Å²) < 4.78 is 32.5. The van der Waals surface area contributed by atoms with E-state index < -0.39 is 11.6 Å². The standard InChI is InChI=1S/C27H28ClF2N3O2/c1-18(32-27(34)14-20-6-4-3-5-7-20)12-19(2)33(31)16-22-15-23(28)9-11-26(22)35-17-21-8-10-24(29)25(30)13-21/h3-13,15,18H,14,16-17,31H2,1-2H3,(H,32,34)/b19-12-. The summed E-state index contributed by atoms with van der Waals surface area (Å²) in [6, 6.07) is 18.0. The first-order valence-electron chi connectivity index (χ1n) is 11.1.